The molecule has 0 aliphatic heterocycles. The van der Waals surface area contributed by atoms with Crippen molar-refractivity contribution in [1.29, 1.82) is 0 Å². The number of esters is 1. The zero-order chi connectivity index (χ0) is 15.2. The van der Waals surface area contributed by atoms with Crippen LogP contribution in [-0.2, 0) is 15.3 Å². The largest absolute Gasteiger partial charge is 0.469 e. The number of thioether (sulfide) groups is 1. The van der Waals surface area contributed by atoms with Crippen LogP contribution in [0.15, 0.2) is 28.8 Å². The number of nitrogens with zero attached hydrogens (tertiary/aromatic N) is 2. The number of carbonyl (C=O) groups is 1. The van der Waals surface area contributed by atoms with Crippen LogP contribution in [0.2, 0.25) is 0 Å². The van der Waals surface area contributed by atoms with E-state index in [4.69, 9.17) is 4.52 Å². The average Bonchev–Trinajstić information content (AvgIpc) is 2.94. The molecule has 2 aromatic rings. The highest BCUT2D eigenvalue weighted by Gasteiger charge is 2.14. The molecule has 1 aromatic heterocycles. The number of carbonyl (C=O) groups excluding carboxylic acids is 1. The summed E-state index contributed by atoms with van der Waals surface area (Å²) in [5.74, 6) is 1.54. The number of hydrogen-bond donors (Lipinski definition) is 0. The molecule has 0 N–H and O–H groups in total. The van der Waals surface area contributed by atoms with Crippen LogP contribution in [0.4, 0.5) is 0 Å². The molecule has 0 fully saturated rings. The van der Waals surface area contributed by atoms with Crippen LogP contribution in [0.5, 0.6) is 0 Å². The molecule has 0 radical (unpaired) electrons. The summed E-state index contributed by atoms with van der Waals surface area (Å²) in [5.41, 5.74) is 2.08. The smallest absolute Gasteiger partial charge is 0.306 e. The molecule has 0 aliphatic rings. The maximum absolute atomic E-state index is 11.2. The van der Waals surface area contributed by atoms with Gasteiger partial charge in [0, 0.05) is 10.8 Å². The molecule has 2 rings (SSSR count). The molecule has 1 heterocycles. The lowest BCUT2D eigenvalue weighted by Crippen LogP contribution is -2.08. The van der Waals surface area contributed by atoms with Crippen LogP contribution in [0.3, 0.4) is 0 Å². The predicted octanol–water partition coefficient (Wildman–Crippen LogP) is 3.23. The Morgan fingerprint density at radius 3 is 2.90 bits per heavy atom. The molecule has 21 heavy (non-hydrogen) atoms. The summed E-state index contributed by atoms with van der Waals surface area (Å²) in [4.78, 5) is 15.6. The van der Waals surface area contributed by atoms with E-state index in [0.717, 1.165) is 11.1 Å². The first kappa shape index (κ1) is 15.6. The molecule has 0 aliphatic carbocycles. The maximum atomic E-state index is 11.2. The minimum atomic E-state index is -0.207. The van der Waals surface area contributed by atoms with Crippen LogP contribution in [0.25, 0.3) is 11.4 Å². The molecule has 0 saturated heterocycles. The van der Waals surface area contributed by atoms with Gasteiger partial charge in [-0.1, -0.05) is 36.3 Å². The summed E-state index contributed by atoms with van der Waals surface area (Å²) in [5, 5.41) is 4.16. The third-order valence-corrected chi connectivity index (χ3v) is 4.18. The highest BCUT2D eigenvalue weighted by Crippen LogP contribution is 2.23. The summed E-state index contributed by atoms with van der Waals surface area (Å²) in [7, 11) is 1.40. The van der Waals surface area contributed by atoms with Gasteiger partial charge in [-0.3, -0.25) is 4.79 Å². The number of benzene rings is 1. The Morgan fingerprint density at radius 1 is 1.43 bits per heavy atom. The van der Waals surface area contributed by atoms with Gasteiger partial charge in [0.1, 0.15) is 0 Å². The van der Waals surface area contributed by atoms with Crippen molar-refractivity contribution in [3.8, 4) is 11.4 Å². The van der Waals surface area contributed by atoms with Crippen molar-refractivity contribution >= 4 is 17.7 Å². The lowest BCUT2D eigenvalue weighted by molar-refractivity contribution is -0.140. The fraction of sp³-hybridized carbons (Fsp3) is 0.400. The Morgan fingerprint density at radius 2 is 2.19 bits per heavy atom. The SMILES string of the molecule is COC(=O)CC(C)SCc1nc(-c2ccccc2C)no1. The predicted molar refractivity (Wildman–Crippen MR) is 81.9 cm³/mol. The number of methoxy groups -OCH3 is 1. The Kier molecular flexibility index (Phi) is 5.38. The summed E-state index contributed by atoms with van der Waals surface area (Å²) in [6.45, 7) is 3.98. The van der Waals surface area contributed by atoms with Crippen molar-refractivity contribution in [3.05, 3.63) is 35.7 Å². The average molecular weight is 306 g/mol. The van der Waals surface area contributed by atoms with Gasteiger partial charge in [-0.05, 0) is 12.5 Å². The molecule has 0 amide bonds. The van der Waals surface area contributed by atoms with Crippen LogP contribution < -0.4 is 0 Å². The Bertz CT molecular complexity index is 612. The van der Waals surface area contributed by atoms with Gasteiger partial charge in [0.15, 0.2) is 0 Å². The van der Waals surface area contributed by atoms with Gasteiger partial charge < -0.3 is 9.26 Å². The highest BCUT2D eigenvalue weighted by atomic mass is 32.2. The number of aryl methyl sites for hydroxylation is 1. The Labute approximate surface area is 128 Å². The van der Waals surface area contributed by atoms with E-state index >= 15 is 0 Å². The van der Waals surface area contributed by atoms with Crippen molar-refractivity contribution < 1.29 is 14.1 Å². The van der Waals surface area contributed by atoms with E-state index in [9.17, 15) is 4.79 Å². The van der Waals surface area contributed by atoms with Crippen LogP contribution in [-0.4, -0.2) is 28.5 Å². The molecule has 5 nitrogen and oxygen atoms in total. The van der Waals surface area contributed by atoms with E-state index in [2.05, 4.69) is 14.9 Å². The zero-order valence-corrected chi connectivity index (χ0v) is 13.1. The first-order chi connectivity index (χ1) is 10.1. The quantitative estimate of drug-likeness (QED) is 0.763. The maximum Gasteiger partial charge on any atom is 0.306 e. The van der Waals surface area contributed by atoms with E-state index in [1.807, 2.05) is 38.1 Å². The molecular formula is C15H18N2O3S. The topological polar surface area (TPSA) is 65.2 Å². The molecule has 0 spiro atoms. The summed E-state index contributed by atoms with van der Waals surface area (Å²) < 4.78 is 9.90. The Balaban J connectivity index is 1.95. The van der Waals surface area contributed by atoms with E-state index in [1.54, 1.807) is 11.8 Å². The second kappa shape index (κ2) is 7.26. The van der Waals surface area contributed by atoms with E-state index in [0.29, 0.717) is 23.9 Å². The summed E-state index contributed by atoms with van der Waals surface area (Å²) in [6, 6.07) is 7.91. The van der Waals surface area contributed by atoms with E-state index in [1.165, 1.54) is 7.11 Å². The second-order valence-corrected chi connectivity index (χ2v) is 6.16. The zero-order valence-electron chi connectivity index (χ0n) is 12.3. The molecule has 1 atom stereocenters. The normalized spacial score (nSPS) is 12.1. The van der Waals surface area contributed by atoms with Crippen LogP contribution in [0.1, 0.15) is 24.8 Å². The Hall–Kier alpha value is -1.82. The minimum absolute atomic E-state index is 0.145. The number of rotatable bonds is 6. The number of aromatic nitrogens is 2. The molecular weight excluding hydrogens is 288 g/mol. The van der Waals surface area contributed by atoms with Crippen molar-refractivity contribution in [3.63, 3.8) is 0 Å². The molecule has 1 aromatic carbocycles. The van der Waals surface area contributed by atoms with Crippen LogP contribution >= 0.6 is 11.8 Å². The highest BCUT2D eigenvalue weighted by molar-refractivity contribution is 7.99. The lowest BCUT2D eigenvalue weighted by Gasteiger charge is -2.07. The van der Waals surface area contributed by atoms with Crippen molar-refractivity contribution in [2.75, 3.05) is 7.11 Å². The van der Waals surface area contributed by atoms with Crippen molar-refractivity contribution in [2.24, 2.45) is 0 Å². The monoisotopic (exact) mass is 306 g/mol. The first-order valence-corrected chi connectivity index (χ1v) is 7.72. The third-order valence-electron chi connectivity index (χ3n) is 3.03. The first-order valence-electron chi connectivity index (χ1n) is 6.67. The number of hydrogen-bond acceptors (Lipinski definition) is 6. The number of ether oxygens (including phenoxy) is 1. The van der Waals surface area contributed by atoms with Gasteiger partial charge in [0.25, 0.3) is 0 Å². The molecule has 1 unspecified atom stereocenters. The molecule has 112 valence electrons. The summed E-state index contributed by atoms with van der Waals surface area (Å²) >= 11 is 1.59. The summed E-state index contributed by atoms with van der Waals surface area (Å²) in [6.07, 6.45) is 0.375. The van der Waals surface area contributed by atoms with Gasteiger partial charge in [-0.15, -0.1) is 11.8 Å². The van der Waals surface area contributed by atoms with E-state index < -0.39 is 0 Å². The fourth-order valence-corrected chi connectivity index (χ4v) is 2.64. The van der Waals surface area contributed by atoms with Gasteiger partial charge >= 0.3 is 5.97 Å². The van der Waals surface area contributed by atoms with Gasteiger partial charge in [-0.25, -0.2) is 0 Å². The minimum Gasteiger partial charge on any atom is -0.469 e. The van der Waals surface area contributed by atoms with E-state index in [-0.39, 0.29) is 11.2 Å². The standard InChI is InChI=1S/C15H18N2O3S/c1-10-6-4-5-7-12(10)15-16-13(20-17-15)9-21-11(2)8-14(18)19-3/h4-7,11H,8-9H2,1-3H3. The third kappa shape index (κ3) is 4.32. The molecule has 6 heteroatoms. The van der Waals surface area contributed by atoms with Crippen molar-refractivity contribution in [1.82, 2.24) is 10.1 Å². The molecule has 0 saturated carbocycles. The second-order valence-electron chi connectivity index (χ2n) is 4.73. The van der Waals surface area contributed by atoms with Crippen LogP contribution in [0, 0.1) is 6.92 Å². The van der Waals surface area contributed by atoms with Gasteiger partial charge in [0.05, 0.1) is 19.3 Å². The fourth-order valence-electron chi connectivity index (χ4n) is 1.84. The lowest BCUT2D eigenvalue weighted by atomic mass is 10.1. The molecule has 0 bridgehead atoms. The van der Waals surface area contributed by atoms with Gasteiger partial charge in [-0.2, -0.15) is 4.98 Å². The van der Waals surface area contributed by atoms with Gasteiger partial charge in [0.2, 0.25) is 11.7 Å². The van der Waals surface area contributed by atoms with Crippen molar-refractivity contribution in [2.45, 2.75) is 31.3 Å².